The molecule has 126 valence electrons. The van der Waals surface area contributed by atoms with E-state index in [1.54, 1.807) is 0 Å². The summed E-state index contributed by atoms with van der Waals surface area (Å²) in [7, 11) is 0. The van der Waals surface area contributed by atoms with Gasteiger partial charge < -0.3 is 10.6 Å². The summed E-state index contributed by atoms with van der Waals surface area (Å²) in [6, 6.07) is 3.78. The Balaban J connectivity index is 1.85. The summed E-state index contributed by atoms with van der Waals surface area (Å²) in [6.45, 7) is -0.122. The normalized spacial score (nSPS) is 10.3. The van der Waals surface area contributed by atoms with Crippen molar-refractivity contribution in [2.24, 2.45) is 0 Å². The Labute approximate surface area is 132 Å². The monoisotopic (exact) mass is 340 g/mol. The molecule has 2 aromatic rings. The molecule has 0 spiro atoms. The van der Waals surface area contributed by atoms with Crippen molar-refractivity contribution < 1.29 is 22.8 Å². The first-order valence-corrected chi connectivity index (χ1v) is 6.66. The molecular formula is C14H11F3N4O3. The second kappa shape index (κ2) is 7.40. The zero-order valence-electron chi connectivity index (χ0n) is 12.0. The standard InChI is InChI=1S/C14H11F3N4O3/c15-8-2-1-7(11(16)12(8)17)13(23)18-5-6-19-14(24)9-3-4-10(22)21-20-9/h1-4H,5-6H2,(H,18,23)(H,19,24)(H,21,22). The third kappa shape index (κ3) is 3.97. The van der Waals surface area contributed by atoms with Gasteiger partial charge in [0, 0.05) is 19.2 Å². The summed E-state index contributed by atoms with van der Waals surface area (Å²) < 4.78 is 39.2. The Kier molecular flexibility index (Phi) is 5.30. The second-order valence-electron chi connectivity index (χ2n) is 4.54. The number of nitrogens with one attached hydrogen (secondary N) is 3. The maximum absolute atomic E-state index is 13.4. The molecule has 0 unspecified atom stereocenters. The zero-order valence-corrected chi connectivity index (χ0v) is 12.0. The molecule has 0 atom stereocenters. The fraction of sp³-hybridized carbons (Fsp3) is 0.143. The first-order chi connectivity index (χ1) is 11.4. The number of carbonyl (C=O) groups excluding carboxylic acids is 2. The first-order valence-electron chi connectivity index (χ1n) is 6.66. The van der Waals surface area contributed by atoms with E-state index in [-0.39, 0.29) is 18.8 Å². The molecule has 0 saturated heterocycles. The number of aromatic amines is 1. The molecular weight excluding hydrogens is 329 g/mol. The van der Waals surface area contributed by atoms with E-state index in [0.717, 1.165) is 12.1 Å². The van der Waals surface area contributed by atoms with Crippen LogP contribution in [0.5, 0.6) is 0 Å². The Morgan fingerprint density at radius 2 is 1.62 bits per heavy atom. The number of hydrogen-bond acceptors (Lipinski definition) is 4. The highest BCUT2D eigenvalue weighted by Crippen LogP contribution is 2.14. The summed E-state index contributed by atoms with van der Waals surface area (Å²) in [5, 5.41) is 10.2. The fourth-order valence-corrected chi connectivity index (χ4v) is 1.71. The van der Waals surface area contributed by atoms with E-state index in [4.69, 9.17) is 0 Å². The van der Waals surface area contributed by atoms with Crippen molar-refractivity contribution in [1.82, 2.24) is 20.8 Å². The van der Waals surface area contributed by atoms with Crippen LogP contribution >= 0.6 is 0 Å². The summed E-state index contributed by atoms with van der Waals surface area (Å²) >= 11 is 0. The van der Waals surface area contributed by atoms with Crippen LogP contribution in [0.25, 0.3) is 0 Å². The maximum Gasteiger partial charge on any atom is 0.271 e. The van der Waals surface area contributed by atoms with E-state index in [1.807, 2.05) is 0 Å². The third-order valence-corrected chi connectivity index (χ3v) is 2.89. The predicted molar refractivity (Wildman–Crippen MR) is 75.8 cm³/mol. The minimum atomic E-state index is -1.74. The zero-order chi connectivity index (χ0) is 17.7. The summed E-state index contributed by atoms with van der Waals surface area (Å²) in [5.41, 5.74) is -1.15. The van der Waals surface area contributed by atoms with Crippen molar-refractivity contribution in [3.05, 3.63) is 63.3 Å². The lowest BCUT2D eigenvalue weighted by molar-refractivity contribution is 0.0922. The highest BCUT2D eigenvalue weighted by Gasteiger charge is 2.18. The van der Waals surface area contributed by atoms with E-state index >= 15 is 0 Å². The van der Waals surface area contributed by atoms with Crippen LogP contribution in [0.1, 0.15) is 20.8 Å². The minimum absolute atomic E-state index is 0.0311. The molecule has 1 aromatic heterocycles. The van der Waals surface area contributed by atoms with Crippen LogP contribution < -0.4 is 16.2 Å². The summed E-state index contributed by atoms with van der Waals surface area (Å²) in [4.78, 5) is 34.1. The third-order valence-electron chi connectivity index (χ3n) is 2.89. The topological polar surface area (TPSA) is 104 Å². The van der Waals surface area contributed by atoms with Crippen molar-refractivity contribution in [2.45, 2.75) is 0 Å². The maximum atomic E-state index is 13.4. The summed E-state index contributed by atoms with van der Waals surface area (Å²) in [5.74, 6) is -6.28. The Bertz CT molecular complexity index is 818. The molecule has 0 aliphatic heterocycles. The number of benzene rings is 1. The number of carbonyl (C=O) groups is 2. The highest BCUT2D eigenvalue weighted by molar-refractivity contribution is 5.94. The molecule has 0 saturated carbocycles. The average molecular weight is 340 g/mol. The van der Waals surface area contributed by atoms with Crippen LogP contribution in [-0.2, 0) is 0 Å². The molecule has 1 heterocycles. The van der Waals surface area contributed by atoms with Crippen LogP contribution in [0.2, 0.25) is 0 Å². The lowest BCUT2D eigenvalue weighted by Gasteiger charge is -2.08. The van der Waals surface area contributed by atoms with Crippen molar-refractivity contribution >= 4 is 11.8 Å². The van der Waals surface area contributed by atoms with Gasteiger partial charge in [-0.05, 0) is 18.2 Å². The Morgan fingerprint density at radius 1 is 0.958 bits per heavy atom. The van der Waals surface area contributed by atoms with Crippen LogP contribution in [0, 0.1) is 17.5 Å². The number of H-pyrrole nitrogens is 1. The molecule has 24 heavy (non-hydrogen) atoms. The number of aromatic nitrogens is 2. The molecule has 0 bridgehead atoms. The quantitative estimate of drug-likeness (QED) is 0.539. The molecule has 3 N–H and O–H groups in total. The van der Waals surface area contributed by atoms with Gasteiger partial charge in [-0.15, -0.1) is 0 Å². The fourth-order valence-electron chi connectivity index (χ4n) is 1.71. The molecule has 2 amide bonds. The van der Waals surface area contributed by atoms with Gasteiger partial charge in [-0.1, -0.05) is 0 Å². The SMILES string of the molecule is O=C(NCCNC(=O)c1ccc(F)c(F)c1F)c1ccc(=O)[nH]n1. The number of halogens is 3. The van der Waals surface area contributed by atoms with Crippen molar-refractivity contribution in [1.29, 1.82) is 0 Å². The van der Waals surface area contributed by atoms with Gasteiger partial charge in [0.15, 0.2) is 17.5 Å². The summed E-state index contributed by atoms with van der Waals surface area (Å²) in [6.07, 6.45) is 0. The number of hydrogen-bond donors (Lipinski definition) is 3. The van der Waals surface area contributed by atoms with Gasteiger partial charge in [0.2, 0.25) is 0 Å². The van der Waals surface area contributed by atoms with Crippen LogP contribution in [0.4, 0.5) is 13.2 Å². The number of rotatable bonds is 5. The lowest BCUT2D eigenvalue weighted by atomic mass is 10.2. The van der Waals surface area contributed by atoms with Gasteiger partial charge in [0.25, 0.3) is 17.4 Å². The van der Waals surface area contributed by atoms with Gasteiger partial charge in [-0.2, -0.15) is 5.10 Å². The molecule has 1 aromatic carbocycles. The van der Waals surface area contributed by atoms with Gasteiger partial charge in [-0.25, -0.2) is 18.3 Å². The molecule has 7 nitrogen and oxygen atoms in total. The van der Waals surface area contributed by atoms with Crippen molar-refractivity contribution in [3.8, 4) is 0 Å². The minimum Gasteiger partial charge on any atom is -0.350 e. The Hall–Kier alpha value is -3.17. The van der Waals surface area contributed by atoms with E-state index in [2.05, 4.69) is 20.8 Å². The molecule has 2 rings (SSSR count). The predicted octanol–water partition coefficient (Wildman–Crippen LogP) is 0.347. The molecule has 0 radical (unpaired) electrons. The van der Waals surface area contributed by atoms with Crippen molar-refractivity contribution in [2.75, 3.05) is 13.1 Å². The molecule has 10 heteroatoms. The molecule has 0 aliphatic carbocycles. The second-order valence-corrected chi connectivity index (χ2v) is 4.54. The lowest BCUT2D eigenvalue weighted by Crippen LogP contribution is -2.35. The van der Waals surface area contributed by atoms with Crippen LogP contribution in [0.15, 0.2) is 29.1 Å². The molecule has 0 fully saturated rings. The van der Waals surface area contributed by atoms with E-state index in [0.29, 0.717) is 6.07 Å². The van der Waals surface area contributed by atoms with Crippen molar-refractivity contribution in [3.63, 3.8) is 0 Å². The van der Waals surface area contributed by atoms with Gasteiger partial charge in [0.05, 0.1) is 5.56 Å². The van der Waals surface area contributed by atoms with E-state index in [1.165, 1.54) is 6.07 Å². The van der Waals surface area contributed by atoms with E-state index in [9.17, 15) is 27.6 Å². The molecule has 0 aliphatic rings. The Morgan fingerprint density at radius 3 is 2.25 bits per heavy atom. The average Bonchev–Trinajstić information content (AvgIpc) is 2.57. The van der Waals surface area contributed by atoms with E-state index < -0.39 is 40.4 Å². The van der Waals surface area contributed by atoms with Gasteiger partial charge in [0.1, 0.15) is 5.69 Å². The first kappa shape index (κ1) is 17.2. The smallest absolute Gasteiger partial charge is 0.271 e. The number of nitrogens with zero attached hydrogens (tertiary/aromatic N) is 1. The highest BCUT2D eigenvalue weighted by atomic mass is 19.2. The van der Waals surface area contributed by atoms with Crippen LogP contribution in [-0.4, -0.2) is 35.1 Å². The van der Waals surface area contributed by atoms with Crippen LogP contribution in [0.3, 0.4) is 0 Å². The van der Waals surface area contributed by atoms with Gasteiger partial charge >= 0.3 is 0 Å². The largest absolute Gasteiger partial charge is 0.350 e. The number of amides is 2. The van der Waals surface area contributed by atoms with Gasteiger partial charge in [-0.3, -0.25) is 14.4 Å².